The molecule has 13 nitrogen and oxygen atoms in total. The Hall–Kier alpha value is -2.75. The van der Waals surface area contributed by atoms with Gasteiger partial charge in [-0.25, -0.2) is 9.59 Å². The zero-order valence-corrected chi connectivity index (χ0v) is 16.8. The Kier molecular flexibility index (Phi) is 14.3. The molecule has 157 valence electrons. The quantitative estimate of drug-likeness (QED) is 0.356. The summed E-state index contributed by atoms with van der Waals surface area (Å²) in [5, 5.41) is 17.0. The Morgan fingerprint density at radius 2 is 1.14 bits per heavy atom. The zero-order valence-electron chi connectivity index (χ0n) is 14.6. The second-order valence-corrected chi connectivity index (χ2v) is 5.34. The Bertz CT molecular complexity index is 869. The van der Waals surface area contributed by atoms with Crippen LogP contribution < -0.4 is 0 Å². The molecule has 0 bridgehead atoms. The fourth-order valence-corrected chi connectivity index (χ4v) is 1.57. The molecule has 1 radical (unpaired) electrons. The van der Waals surface area contributed by atoms with Crippen LogP contribution in [0.5, 0.6) is 0 Å². The number of aryl methyl sites for hydroxylation is 2. The number of carbonyl (C=O) groups is 4. The molecule has 0 aliphatic rings. The summed E-state index contributed by atoms with van der Waals surface area (Å²) in [6.07, 6.45) is 0.771. The van der Waals surface area contributed by atoms with E-state index in [0.29, 0.717) is 24.1 Å². The van der Waals surface area contributed by atoms with E-state index in [4.69, 9.17) is 36.6 Å². The van der Waals surface area contributed by atoms with Gasteiger partial charge in [0.2, 0.25) is 0 Å². The van der Waals surface area contributed by atoms with Gasteiger partial charge in [0, 0.05) is 10.4 Å². The topological polar surface area (TPSA) is 244 Å². The minimum absolute atomic E-state index is 0. The van der Waals surface area contributed by atoms with E-state index in [1.807, 2.05) is 0 Å². The molecular formula is C14H12O13SV. The molecule has 0 saturated carbocycles. The van der Waals surface area contributed by atoms with Gasteiger partial charge in [0.15, 0.2) is 24.1 Å². The van der Waals surface area contributed by atoms with E-state index < -0.39 is 22.3 Å². The van der Waals surface area contributed by atoms with Gasteiger partial charge in [-0.2, -0.15) is 0 Å². The number of hydrogen-bond donors (Lipinski definition) is 2. The van der Waals surface area contributed by atoms with Crippen molar-refractivity contribution in [2.45, 2.75) is 13.8 Å². The van der Waals surface area contributed by atoms with Crippen LogP contribution in [0.25, 0.3) is 0 Å². The molecule has 2 aromatic rings. The van der Waals surface area contributed by atoms with Gasteiger partial charge < -0.3 is 33.6 Å². The largest absolute Gasteiger partial charge is 4.00 e. The van der Waals surface area contributed by atoms with Crippen LogP contribution in [0.2, 0.25) is 0 Å². The van der Waals surface area contributed by atoms with Crippen LogP contribution in [0.1, 0.15) is 53.3 Å². The molecule has 29 heavy (non-hydrogen) atoms. The summed E-state index contributed by atoms with van der Waals surface area (Å²) in [6.45, 7) is 3.17. The van der Waals surface area contributed by atoms with Crippen molar-refractivity contribution in [3.63, 3.8) is 0 Å². The maximum atomic E-state index is 10.4. The van der Waals surface area contributed by atoms with E-state index in [0.717, 1.165) is 0 Å². The first-order valence-corrected chi connectivity index (χ1v) is 7.88. The third-order valence-corrected chi connectivity index (χ3v) is 2.44. The number of hydrogen-bond acceptors (Lipinski definition) is 10. The van der Waals surface area contributed by atoms with Crippen molar-refractivity contribution in [1.29, 1.82) is 0 Å². The van der Waals surface area contributed by atoms with Crippen LogP contribution in [-0.4, -0.2) is 52.2 Å². The van der Waals surface area contributed by atoms with E-state index in [2.05, 4.69) is 0 Å². The monoisotopic (exact) mass is 471 g/mol. The van der Waals surface area contributed by atoms with Crippen molar-refractivity contribution in [3.8, 4) is 0 Å². The third-order valence-electron chi connectivity index (χ3n) is 2.44. The van der Waals surface area contributed by atoms with Gasteiger partial charge in [-0.1, -0.05) is 0 Å². The van der Waals surface area contributed by atoms with E-state index in [1.54, 1.807) is 13.8 Å². The van der Waals surface area contributed by atoms with Gasteiger partial charge in [-0.05, 0) is 26.0 Å². The molecule has 0 amide bonds. The maximum absolute atomic E-state index is 10.4. The van der Waals surface area contributed by atoms with E-state index >= 15 is 0 Å². The summed E-state index contributed by atoms with van der Waals surface area (Å²) < 4.78 is 43.6. The number of carbonyl (C=O) groups excluding carboxylic acids is 2. The molecule has 0 aliphatic carbocycles. The number of aldehydes is 2. The van der Waals surface area contributed by atoms with Crippen LogP contribution >= 0.6 is 0 Å². The minimum Gasteiger partial charge on any atom is -2.00 e. The summed E-state index contributed by atoms with van der Waals surface area (Å²) in [6, 6.07) is 2.62. The van der Waals surface area contributed by atoms with Crippen molar-refractivity contribution in [2.75, 3.05) is 0 Å². The molecule has 0 aliphatic heterocycles. The molecule has 0 atom stereocenters. The predicted octanol–water partition coefficient (Wildman–Crippen LogP) is 0.738. The number of carboxylic acids is 2. The summed E-state index contributed by atoms with van der Waals surface area (Å²) in [5.74, 6) is -1.72. The van der Waals surface area contributed by atoms with Crippen LogP contribution in [0.4, 0.5) is 0 Å². The molecule has 0 saturated heterocycles. The molecule has 0 unspecified atom stereocenters. The molecule has 0 spiro atoms. The average Bonchev–Trinajstić information content (AvgIpc) is 3.08. The molecule has 2 heterocycles. The molecule has 15 heteroatoms. The summed E-state index contributed by atoms with van der Waals surface area (Å²) in [5.41, 5.74) is -0.171. The number of aromatic carboxylic acids is 2. The molecule has 2 N–H and O–H groups in total. The summed E-state index contributed by atoms with van der Waals surface area (Å²) >= 11 is 0. The van der Waals surface area contributed by atoms with Gasteiger partial charge in [0.05, 0.1) is 0 Å². The fourth-order valence-electron chi connectivity index (χ4n) is 1.57. The van der Waals surface area contributed by atoms with Gasteiger partial charge in [-0.15, -0.1) is 0 Å². The van der Waals surface area contributed by atoms with Crippen molar-refractivity contribution < 1.29 is 79.8 Å². The summed E-state index contributed by atoms with van der Waals surface area (Å²) in [4.78, 5) is 41.1. The van der Waals surface area contributed by atoms with Gasteiger partial charge in [0.1, 0.15) is 22.6 Å². The minimum atomic E-state index is -5.17. The van der Waals surface area contributed by atoms with Crippen molar-refractivity contribution in [1.82, 2.24) is 0 Å². The molecule has 2 aromatic heterocycles. The predicted molar refractivity (Wildman–Crippen MR) is 82.7 cm³/mol. The van der Waals surface area contributed by atoms with Crippen LogP contribution in [0, 0.1) is 13.8 Å². The first-order valence-electron chi connectivity index (χ1n) is 6.54. The molecule has 2 rings (SSSR count). The second-order valence-electron chi connectivity index (χ2n) is 4.52. The first kappa shape index (κ1) is 31.0. The van der Waals surface area contributed by atoms with E-state index in [-0.39, 0.29) is 46.7 Å². The average molecular weight is 471 g/mol. The molecule has 0 fully saturated rings. The van der Waals surface area contributed by atoms with Gasteiger partial charge >= 0.3 is 30.5 Å². The normalized spacial score (nSPS) is 9.24. The van der Waals surface area contributed by atoms with E-state index in [1.165, 1.54) is 12.1 Å². The van der Waals surface area contributed by atoms with Crippen molar-refractivity contribution in [2.24, 2.45) is 0 Å². The SMILES string of the molecule is Cc1cc(C(=O)O)c(C=O)o1.Cc1cc(C(=O)O)c(C=O)o1.O=S(=O)([O-])[O-].[O-2].[V+4]. The Morgan fingerprint density at radius 3 is 1.28 bits per heavy atom. The number of carboxylic acid groups (broad SMARTS) is 2. The second kappa shape index (κ2) is 13.4. The smallest absolute Gasteiger partial charge is 2.00 e. The zero-order chi connectivity index (χ0) is 21.4. The van der Waals surface area contributed by atoms with Crippen molar-refractivity contribution >= 4 is 34.9 Å². The maximum Gasteiger partial charge on any atom is 4.00 e. The number of furan rings is 2. The van der Waals surface area contributed by atoms with Crippen LogP contribution in [0.15, 0.2) is 21.0 Å². The summed E-state index contributed by atoms with van der Waals surface area (Å²) in [7, 11) is -5.17. The third kappa shape index (κ3) is 12.3. The Balaban J connectivity index is -0.000000361. The standard InChI is InChI=1S/2C7H6O4.H2O4S.O.V/c2*1-4-2-5(7(9)10)6(3-8)11-4;1-5(2,3)4;;/h2*2-3H,1H3,(H,9,10);(H2,1,2,3,4);;/q;;;-2;+4/p-2. The molecular weight excluding hydrogens is 459 g/mol. The first-order chi connectivity index (χ1) is 12.3. The Labute approximate surface area is 175 Å². The fraction of sp³-hybridized carbons (Fsp3) is 0.143. The van der Waals surface area contributed by atoms with Crippen LogP contribution in [-0.2, 0) is 34.4 Å². The van der Waals surface area contributed by atoms with Gasteiger partial charge in [0.25, 0.3) is 0 Å². The van der Waals surface area contributed by atoms with E-state index in [9.17, 15) is 19.2 Å². The molecule has 0 aromatic carbocycles. The van der Waals surface area contributed by atoms with Crippen LogP contribution in [0.3, 0.4) is 0 Å². The number of rotatable bonds is 4. The van der Waals surface area contributed by atoms with Gasteiger partial charge in [-0.3, -0.25) is 18.0 Å². The Morgan fingerprint density at radius 1 is 0.897 bits per heavy atom. The van der Waals surface area contributed by atoms with Crippen molar-refractivity contribution in [3.05, 3.63) is 46.3 Å².